The number of nitrogens with zero attached hydrogens (tertiary/aromatic N) is 1. The van der Waals surface area contributed by atoms with Crippen molar-refractivity contribution in [2.45, 2.75) is 19.8 Å². The zero-order valence-electron chi connectivity index (χ0n) is 13.6. The highest BCUT2D eigenvalue weighted by Crippen LogP contribution is 2.20. The fraction of sp³-hybridized carbons (Fsp3) is 0.167. The number of para-hydroxylation sites is 1. The number of carbonyl (C=O) groups excluding carboxylic acids is 2. The number of hydrogen-bond donors (Lipinski definition) is 3. The number of hydrogen-bond acceptors (Lipinski definition) is 4. The van der Waals surface area contributed by atoms with Crippen molar-refractivity contribution in [1.29, 1.82) is 0 Å². The molecule has 0 saturated carbocycles. The van der Waals surface area contributed by atoms with Gasteiger partial charge in [-0.15, -0.1) is 0 Å². The molecule has 0 aliphatic rings. The highest BCUT2D eigenvalue weighted by atomic mass is 79.9. The van der Waals surface area contributed by atoms with Gasteiger partial charge >= 0.3 is 0 Å². The zero-order valence-corrected chi connectivity index (χ0v) is 15.2. The van der Waals surface area contributed by atoms with Crippen molar-refractivity contribution in [3.63, 3.8) is 0 Å². The van der Waals surface area contributed by atoms with E-state index in [0.29, 0.717) is 11.3 Å². The number of anilines is 1. The molecule has 0 heterocycles. The van der Waals surface area contributed by atoms with Gasteiger partial charge in [0, 0.05) is 15.7 Å². The predicted molar refractivity (Wildman–Crippen MR) is 101 cm³/mol. The van der Waals surface area contributed by atoms with Crippen LogP contribution < -0.4 is 10.7 Å². The topological polar surface area (TPSA) is 90.8 Å². The molecule has 0 unspecified atom stereocenters. The number of benzene rings is 2. The summed E-state index contributed by atoms with van der Waals surface area (Å²) in [6, 6.07) is 12.3. The number of phenolic OH excluding ortho intramolecular Hbond substituents is 1. The van der Waals surface area contributed by atoms with Crippen LogP contribution in [-0.4, -0.2) is 23.1 Å². The van der Waals surface area contributed by atoms with E-state index in [1.165, 1.54) is 12.3 Å². The minimum atomic E-state index is -0.544. The molecule has 7 heteroatoms. The van der Waals surface area contributed by atoms with Gasteiger partial charge in [0.05, 0.1) is 6.21 Å². The van der Waals surface area contributed by atoms with E-state index in [1.54, 1.807) is 18.2 Å². The Morgan fingerprint density at radius 1 is 1.20 bits per heavy atom. The van der Waals surface area contributed by atoms with Crippen molar-refractivity contribution >= 4 is 39.6 Å². The summed E-state index contributed by atoms with van der Waals surface area (Å²) in [6.45, 7) is 1.99. The molecule has 0 aromatic heterocycles. The van der Waals surface area contributed by atoms with Crippen molar-refractivity contribution in [3.8, 4) is 5.75 Å². The van der Waals surface area contributed by atoms with E-state index in [4.69, 9.17) is 0 Å². The van der Waals surface area contributed by atoms with Crippen molar-refractivity contribution < 1.29 is 14.7 Å². The lowest BCUT2D eigenvalue weighted by Gasteiger charge is -2.09. The second kappa shape index (κ2) is 8.98. The summed E-state index contributed by atoms with van der Waals surface area (Å²) in [7, 11) is 0. The van der Waals surface area contributed by atoms with Gasteiger partial charge in [0.1, 0.15) is 12.2 Å². The maximum Gasteiger partial charge on any atom is 0.249 e. The lowest BCUT2D eigenvalue weighted by molar-refractivity contribution is -0.126. The molecule has 6 nitrogen and oxygen atoms in total. The SMILES string of the molecule is CCc1ccccc1NC(=O)CC(=O)NN=Cc1cc(Br)ccc1O. The molecular weight excluding hydrogens is 386 g/mol. The summed E-state index contributed by atoms with van der Waals surface area (Å²) in [5.41, 5.74) is 4.41. The number of carbonyl (C=O) groups is 2. The highest BCUT2D eigenvalue weighted by Gasteiger charge is 2.10. The van der Waals surface area contributed by atoms with Crippen LogP contribution in [0.1, 0.15) is 24.5 Å². The summed E-state index contributed by atoms with van der Waals surface area (Å²) < 4.78 is 0.770. The first-order chi connectivity index (χ1) is 12.0. The molecule has 0 bridgehead atoms. The first kappa shape index (κ1) is 18.7. The van der Waals surface area contributed by atoms with Crippen LogP contribution in [0.5, 0.6) is 5.75 Å². The van der Waals surface area contributed by atoms with Gasteiger partial charge in [-0.3, -0.25) is 9.59 Å². The Hall–Kier alpha value is -2.67. The Morgan fingerprint density at radius 2 is 1.96 bits per heavy atom. The number of hydrazone groups is 1. The van der Waals surface area contributed by atoms with Crippen molar-refractivity contribution in [3.05, 3.63) is 58.1 Å². The molecule has 0 radical (unpaired) electrons. The Labute approximate surface area is 154 Å². The zero-order chi connectivity index (χ0) is 18.2. The summed E-state index contributed by atoms with van der Waals surface area (Å²) >= 11 is 3.28. The Morgan fingerprint density at radius 3 is 2.72 bits per heavy atom. The van der Waals surface area contributed by atoms with Crippen LogP contribution in [0.2, 0.25) is 0 Å². The average molecular weight is 404 g/mol. The Bertz CT molecular complexity index is 806. The van der Waals surface area contributed by atoms with Gasteiger partial charge in [0.25, 0.3) is 0 Å². The second-order valence-corrected chi connectivity index (χ2v) is 6.15. The Balaban J connectivity index is 1.88. The van der Waals surface area contributed by atoms with E-state index in [2.05, 4.69) is 31.8 Å². The third-order valence-electron chi connectivity index (χ3n) is 3.38. The van der Waals surface area contributed by atoms with Crippen molar-refractivity contribution in [2.75, 3.05) is 5.32 Å². The van der Waals surface area contributed by atoms with E-state index in [1.807, 2.05) is 25.1 Å². The summed E-state index contributed by atoms with van der Waals surface area (Å²) in [5.74, 6) is -0.925. The molecule has 25 heavy (non-hydrogen) atoms. The largest absolute Gasteiger partial charge is 0.507 e. The fourth-order valence-electron chi connectivity index (χ4n) is 2.13. The molecule has 0 aliphatic carbocycles. The summed E-state index contributed by atoms with van der Waals surface area (Å²) in [4.78, 5) is 23.7. The van der Waals surface area contributed by atoms with Gasteiger partial charge in [-0.2, -0.15) is 5.10 Å². The van der Waals surface area contributed by atoms with Gasteiger partial charge in [0.2, 0.25) is 11.8 Å². The summed E-state index contributed by atoms with van der Waals surface area (Å²) in [5, 5.41) is 16.1. The first-order valence-corrected chi connectivity index (χ1v) is 8.47. The van der Waals surface area contributed by atoms with Gasteiger partial charge in [-0.1, -0.05) is 41.1 Å². The van der Waals surface area contributed by atoms with Gasteiger partial charge in [0.15, 0.2) is 0 Å². The molecule has 3 N–H and O–H groups in total. The number of nitrogens with one attached hydrogen (secondary N) is 2. The normalized spacial score (nSPS) is 10.6. The number of aryl methyl sites for hydroxylation is 1. The summed E-state index contributed by atoms with van der Waals surface area (Å²) in [6.07, 6.45) is 1.74. The molecule has 130 valence electrons. The van der Waals surface area contributed by atoms with Crippen LogP contribution in [0.15, 0.2) is 52.0 Å². The third-order valence-corrected chi connectivity index (χ3v) is 3.87. The van der Waals surface area contributed by atoms with Gasteiger partial charge < -0.3 is 10.4 Å². The molecular formula is C18H18BrN3O3. The van der Waals surface area contributed by atoms with Crippen LogP contribution >= 0.6 is 15.9 Å². The van der Waals surface area contributed by atoms with Gasteiger partial charge in [-0.25, -0.2) is 5.43 Å². The molecule has 2 rings (SSSR count). The lowest BCUT2D eigenvalue weighted by atomic mass is 10.1. The minimum Gasteiger partial charge on any atom is -0.507 e. The van der Waals surface area contributed by atoms with Gasteiger partial charge in [-0.05, 0) is 36.2 Å². The lowest BCUT2D eigenvalue weighted by Crippen LogP contribution is -2.25. The highest BCUT2D eigenvalue weighted by molar-refractivity contribution is 9.10. The van der Waals surface area contributed by atoms with Crippen LogP contribution in [0.4, 0.5) is 5.69 Å². The number of amides is 2. The standard InChI is InChI=1S/C18H18BrN3O3/c1-2-12-5-3-4-6-15(12)21-17(24)10-18(25)22-20-11-13-9-14(19)7-8-16(13)23/h3-9,11,23H,2,10H2,1H3,(H,21,24)(H,22,25). The quantitative estimate of drug-likeness (QED) is 0.392. The van der Waals surface area contributed by atoms with Crippen molar-refractivity contribution in [1.82, 2.24) is 5.43 Å². The molecule has 0 aliphatic heterocycles. The van der Waals surface area contributed by atoms with Crippen LogP contribution in [-0.2, 0) is 16.0 Å². The average Bonchev–Trinajstić information content (AvgIpc) is 2.58. The molecule has 2 amide bonds. The molecule has 2 aromatic rings. The molecule has 0 atom stereocenters. The van der Waals surface area contributed by atoms with Crippen molar-refractivity contribution in [2.24, 2.45) is 5.10 Å². The molecule has 0 saturated heterocycles. The smallest absolute Gasteiger partial charge is 0.249 e. The Kier molecular flexibility index (Phi) is 6.71. The van der Waals surface area contributed by atoms with E-state index in [9.17, 15) is 14.7 Å². The number of aromatic hydroxyl groups is 1. The van der Waals surface area contributed by atoms with Crippen LogP contribution in [0.25, 0.3) is 0 Å². The molecule has 2 aromatic carbocycles. The molecule has 0 fully saturated rings. The minimum absolute atomic E-state index is 0.0371. The number of phenols is 1. The maximum atomic E-state index is 12.0. The predicted octanol–water partition coefficient (Wildman–Crippen LogP) is 3.20. The van der Waals surface area contributed by atoms with E-state index < -0.39 is 11.8 Å². The van der Waals surface area contributed by atoms with Crippen LogP contribution in [0, 0.1) is 0 Å². The van der Waals surface area contributed by atoms with E-state index >= 15 is 0 Å². The maximum absolute atomic E-state index is 12.0. The third kappa shape index (κ3) is 5.72. The van der Waals surface area contributed by atoms with Crippen LogP contribution in [0.3, 0.4) is 0 Å². The second-order valence-electron chi connectivity index (χ2n) is 5.23. The molecule has 0 spiro atoms. The number of rotatable bonds is 6. The fourth-order valence-corrected chi connectivity index (χ4v) is 2.51. The monoisotopic (exact) mass is 403 g/mol. The first-order valence-electron chi connectivity index (χ1n) is 7.67. The van der Waals surface area contributed by atoms with E-state index in [-0.39, 0.29) is 12.2 Å². The van der Waals surface area contributed by atoms with E-state index in [0.717, 1.165) is 16.5 Å². The number of halogens is 1.